The molecule has 2 aromatic rings. The fraction of sp³-hybridized carbons (Fsp3) is 0. The molecule has 1 nitrogen and oxygen atoms in total. The maximum absolute atomic E-state index is 13.7. The Morgan fingerprint density at radius 2 is 1.76 bits per heavy atom. The molecule has 0 aliphatic rings. The van der Waals surface area contributed by atoms with Gasteiger partial charge >= 0.3 is 0 Å². The minimum Gasteiger partial charge on any atom is -0.276 e. The van der Waals surface area contributed by atoms with Crippen LogP contribution in [0.4, 0.5) is 4.39 Å². The lowest BCUT2D eigenvalue weighted by Crippen LogP contribution is -1.95. The summed E-state index contributed by atoms with van der Waals surface area (Å²) >= 11 is 11.4. The highest BCUT2D eigenvalue weighted by Gasteiger charge is 2.15. The largest absolute Gasteiger partial charge is 0.276 e. The summed E-state index contributed by atoms with van der Waals surface area (Å²) in [5.41, 5.74) is 0.829. The third-order valence-corrected chi connectivity index (χ3v) is 2.89. The van der Waals surface area contributed by atoms with E-state index >= 15 is 0 Å². The van der Waals surface area contributed by atoms with E-state index in [0.717, 1.165) is 0 Å². The van der Waals surface area contributed by atoms with Crippen molar-refractivity contribution in [3.05, 3.63) is 58.9 Å². The fourth-order valence-electron chi connectivity index (χ4n) is 1.63. The maximum Gasteiger partial charge on any atom is 0.253 e. The summed E-state index contributed by atoms with van der Waals surface area (Å²) in [6, 6.07) is 10.9. The summed E-state index contributed by atoms with van der Waals surface area (Å²) in [5.74, 6) is -0.483. The second-order valence-corrected chi connectivity index (χ2v) is 4.17. The van der Waals surface area contributed by atoms with Crippen molar-refractivity contribution < 1.29 is 9.18 Å². The molecular weight excluding hydrogens is 262 g/mol. The lowest BCUT2D eigenvalue weighted by Gasteiger charge is -2.09. The van der Waals surface area contributed by atoms with Crippen LogP contribution in [-0.2, 0) is 0 Å². The molecule has 4 heteroatoms. The zero-order valence-electron chi connectivity index (χ0n) is 8.58. The molecule has 0 spiro atoms. The first-order valence-corrected chi connectivity index (χ1v) is 5.60. The molecule has 17 heavy (non-hydrogen) atoms. The van der Waals surface area contributed by atoms with Crippen LogP contribution >= 0.6 is 23.2 Å². The van der Waals surface area contributed by atoms with Gasteiger partial charge in [-0.3, -0.25) is 4.79 Å². The molecule has 2 aromatic carbocycles. The van der Waals surface area contributed by atoms with E-state index in [2.05, 4.69) is 0 Å². The molecule has 0 fully saturated rings. The number of hydrogen-bond donors (Lipinski definition) is 0. The van der Waals surface area contributed by atoms with Crippen LogP contribution in [0.1, 0.15) is 10.4 Å². The Kier molecular flexibility index (Phi) is 3.46. The average Bonchev–Trinajstić information content (AvgIpc) is 2.29. The lowest BCUT2D eigenvalue weighted by atomic mass is 10.00. The molecular formula is C13H7Cl2FO. The Morgan fingerprint density at radius 3 is 2.41 bits per heavy atom. The van der Waals surface area contributed by atoms with Crippen LogP contribution in [0.25, 0.3) is 11.1 Å². The Morgan fingerprint density at radius 1 is 1.06 bits per heavy atom. The van der Waals surface area contributed by atoms with Crippen molar-refractivity contribution >= 4 is 28.4 Å². The van der Waals surface area contributed by atoms with Crippen LogP contribution in [0, 0.1) is 5.82 Å². The van der Waals surface area contributed by atoms with Gasteiger partial charge < -0.3 is 0 Å². The van der Waals surface area contributed by atoms with Gasteiger partial charge in [0.2, 0.25) is 0 Å². The summed E-state index contributed by atoms with van der Waals surface area (Å²) in [7, 11) is 0. The van der Waals surface area contributed by atoms with E-state index < -0.39 is 11.1 Å². The van der Waals surface area contributed by atoms with Crippen molar-refractivity contribution in [2.45, 2.75) is 0 Å². The summed E-state index contributed by atoms with van der Waals surface area (Å²) in [5, 5.41) is -0.393. The average molecular weight is 269 g/mol. The van der Waals surface area contributed by atoms with Crippen LogP contribution < -0.4 is 0 Å². The van der Waals surface area contributed by atoms with Crippen LogP contribution in [0.15, 0.2) is 42.5 Å². The quantitative estimate of drug-likeness (QED) is 0.732. The fourth-order valence-corrected chi connectivity index (χ4v) is 2.06. The van der Waals surface area contributed by atoms with Gasteiger partial charge in [0.1, 0.15) is 5.82 Å². The normalized spacial score (nSPS) is 10.3. The van der Waals surface area contributed by atoms with Crippen LogP contribution in [0.2, 0.25) is 5.02 Å². The van der Waals surface area contributed by atoms with E-state index in [1.165, 1.54) is 18.2 Å². The van der Waals surface area contributed by atoms with Gasteiger partial charge in [0, 0.05) is 11.1 Å². The number of carbonyl (C=O) groups is 1. The summed E-state index contributed by atoms with van der Waals surface area (Å²) in [4.78, 5) is 11.3. The topological polar surface area (TPSA) is 17.1 Å². The van der Waals surface area contributed by atoms with Gasteiger partial charge in [-0.15, -0.1) is 0 Å². The summed E-state index contributed by atoms with van der Waals surface area (Å²) in [6.45, 7) is 0. The molecule has 2 rings (SSSR count). The van der Waals surface area contributed by atoms with Crippen molar-refractivity contribution in [1.82, 2.24) is 0 Å². The summed E-state index contributed by atoms with van der Waals surface area (Å²) < 4.78 is 13.7. The molecule has 0 radical (unpaired) electrons. The molecule has 0 unspecified atom stereocenters. The molecule has 0 bridgehead atoms. The van der Waals surface area contributed by atoms with Gasteiger partial charge in [0.25, 0.3) is 5.24 Å². The van der Waals surface area contributed by atoms with Crippen molar-refractivity contribution in [3.63, 3.8) is 0 Å². The van der Waals surface area contributed by atoms with Gasteiger partial charge in [-0.05, 0) is 35.4 Å². The van der Waals surface area contributed by atoms with Crippen molar-refractivity contribution in [1.29, 1.82) is 0 Å². The Balaban J connectivity index is 2.73. The van der Waals surface area contributed by atoms with Gasteiger partial charge in [0.05, 0.1) is 5.02 Å². The molecule has 0 atom stereocenters. The van der Waals surface area contributed by atoms with Crippen LogP contribution in [0.5, 0.6) is 0 Å². The zero-order valence-corrected chi connectivity index (χ0v) is 10.1. The Hall–Kier alpha value is -1.38. The molecule has 0 N–H and O–H groups in total. The SMILES string of the molecule is O=C(Cl)c1ccccc1-c1c(F)cccc1Cl. The van der Waals surface area contributed by atoms with E-state index in [0.29, 0.717) is 5.56 Å². The van der Waals surface area contributed by atoms with Gasteiger partial charge in [0.15, 0.2) is 0 Å². The smallest absolute Gasteiger partial charge is 0.253 e. The molecule has 0 heterocycles. The third kappa shape index (κ3) is 2.33. The standard InChI is InChI=1S/C13H7Cl2FO/c14-10-6-3-7-11(16)12(10)8-4-1-2-5-9(8)13(15)17/h1-7H. The number of halogens is 3. The molecule has 0 aromatic heterocycles. The van der Waals surface area contributed by atoms with E-state index in [4.69, 9.17) is 23.2 Å². The number of benzene rings is 2. The first-order chi connectivity index (χ1) is 8.11. The monoisotopic (exact) mass is 268 g/mol. The maximum atomic E-state index is 13.7. The molecule has 0 saturated carbocycles. The molecule has 0 amide bonds. The number of rotatable bonds is 2. The van der Waals surface area contributed by atoms with Crippen molar-refractivity contribution in [2.75, 3.05) is 0 Å². The second-order valence-electron chi connectivity index (χ2n) is 3.42. The van der Waals surface area contributed by atoms with Crippen molar-refractivity contribution in [3.8, 4) is 11.1 Å². The predicted molar refractivity (Wildman–Crippen MR) is 67.0 cm³/mol. The van der Waals surface area contributed by atoms with Gasteiger partial charge in [-0.2, -0.15) is 0 Å². The Labute approximate surface area is 108 Å². The first kappa shape index (κ1) is 12.1. The zero-order chi connectivity index (χ0) is 12.4. The number of carbonyl (C=O) groups excluding carboxylic acids is 1. The van der Waals surface area contributed by atoms with Gasteiger partial charge in [-0.25, -0.2) is 4.39 Å². The minimum atomic E-state index is -0.639. The van der Waals surface area contributed by atoms with E-state index in [1.807, 2.05) is 0 Å². The molecule has 0 aliphatic carbocycles. The van der Waals surface area contributed by atoms with E-state index in [9.17, 15) is 9.18 Å². The third-order valence-electron chi connectivity index (χ3n) is 2.37. The predicted octanol–water partition coefficient (Wildman–Crippen LogP) is 4.53. The highest BCUT2D eigenvalue weighted by atomic mass is 35.5. The molecule has 86 valence electrons. The highest BCUT2D eigenvalue weighted by Crippen LogP contribution is 2.33. The second kappa shape index (κ2) is 4.86. The van der Waals surface area contributed by atoms with E-state index in [-0.39, 0.29) is 16.1 Å². The van der Waals surface area contributed by atoms with Crippen LogP contribution in [-0.4, -0.2) is 5.24 Å². The van der Waals surface area contributed by atoms with Crippen LogP contribution in [0.3, 0.4) is 0 Å². The number of hydrogen-bond acceptors (Lipinski definition) is 1. The lowest BCUT2D eigenvalue weighted by molar-refractivity contribution is 0.108. The van der Waals surface area contributed by atoms with E-state index in [1.54, 1.807) is 24.3 Å². The van der Waals surface area contributed by atoms with Crippen molar-refractivity contribution in [2.24, 2.45) is 0 Å². The van der Waals surface area contributed by atoms with Gasteiger partial charge in [-0.1, -0.05) is 35.9 Å². The first-order valence-electron chi connectivity index (χ1n) is 4.84. The molecule has 0 aliphatic heterocycles. The summed E-state index contributed by atoms with van der Waals surface area (Å²) in [6.07, 6.45) is 0. The minimum absolute atomic E-state index is 0.193. The highest BCUT2D eigenvalue weighted by molar-refractivity contribution is 6.68. The Bertz CT molecular complexity index is 561. The molecule has 0 saturated heterocycles.